The van der Waals surface area contributed by atoms with Crippen LogP contribution in [0.25, 0.3) is 0 Å². The molecule has 0 atom stereocenters. The highest BCUT2D eigenvalue weighted by Gasteiger charge is 2.49. The predicted octanol–water partition coefficient (Wildman–Crippen LogP) is 1.59. The largest absolute Gasteiger partial charge is 0.340 e. The molecule has 2 heterocycles. The molecule has 168 valence electrons. The van der Waals surface area contributed by atoms with E-state index in [1.807, 2.05) is 0 Å². The summed E-state index contributed by atoms with van der Waals surface area (Å²) >= 11 is 12.0. The predicted molar refractivity (Wildman–Crippen MR) is 113 cm³/mol. The number of sulfonamides is 1. The summed E-state index contributed by atoms with van der Waals surface area (Å²) in [5, 5.41) is 5.32. The lowest BCUT2D eigenvalue weighted by atomic mass is 9.76. The molecule has 9 nitrogen and oxygen atoms in total. The standard InChI is InChI=1S/C19H22Cl2N4O5S/c20-13-1-2-14(21)15(11-13)31(29,30)25-9-7-24(8-10-25)16(26)12-3-5-19(6-4-12)17(27)22-18(28)23-19/h1-2,11-12H,3-10H2,(H2,22,23,27,28). The normalized spacial score (nSPS) is 27.3. The van der Waals surface area contributed by atoms with Gasteiger partial charge < -0.3 is 10.2 Å². The van der Waals surface area contributed by atoms with Crippen molar-refractivity contribution in [2.75, 3.05) is 26.2 Å². The zero-order valence-electron chi connectivity index (χ0n) is 16.6. The number of hydrogen-bond acceptors (Lipinski definition) is 5. The SMILES string of the molecule is O=C1NC(=O)C2(CCC(C(=O)N3CCN(S(=O)(=O)c4cc(Cl)ccc4Cl)CC3)CC2)N1. The molecule has 1 aromatic carbocycles. The van der Waals surface area contributed by atoms with Crippen LogP contribution in [-0.2, 0) is 19.6 Å². The van der Waals surface area contributed by atoms with Gasteiger partial charge in [0.15, 0.2) is 0 Å². The summed E-state index contributed by atoms with van der Waals surface area (Å²) in [6, 6.07) is 3.80. The van der Waals surface area contributed by atoms with Crippen LogP contribution in [0.3, 0.4) is 0 Å². The Morgan fingerprint density at radius 1 is 1.06 bits per heavy atom. The number of amides is 4. The van der Waals surface area contributed by atoms with Crippen molar-refractivity contribution in [3.05, 3.63) is 28.2 Å². The minimum atomic E-state index is -3.82. The first-order chi connectivity index (χ1) is 14.6. The third kappa shape index (κ3) is 4.13. The molecule has 0 bridgehead atoms. The number of carbonyl (C=O) groups is 3. The van der Waals surface area contributed by atoms with E-state index in [9.17, 15) is 22.8 Å². The van der Waals surface area contributed by atoms with Crippen LogP contribution in [0, 0.1) is 5.92 Å². The number of urea groups is 1. The Labute approximate surface area is 190 Å². The Hall–Kier alpha value is -1.88. The van der Waals surface area contributed by atoms with Crippen molar-refractivity contribution in [2.45, 2.75) is 36.1 Å². The molecule has 3 aliphatic rings. The average molecular weight is 489 g/mol. The van der Waals surface area contributed by atoms with Crippen molar-refractivity contribution in [3.63, 3.8) is 0 Å². The van der Waals surface area contributed by atoms with Gasteiger partial charge in [0.2, 0.25) is 15.9 Å². The first kappa shape index (κ1) is 22.3. The van der Waals surface area contributed by atoms with Crippen LogP contribution in [-0.4, -0.2) is 67.2 Å². The summed E-state index contributed by atoms with van der Waals surface area (Å²) in [6.07, 6.45) is 1.79. The van der Waals surface area contributed by atoms with Gasteiger partial charge >= 0.3 is 6.03 Å². The smallest absolute Gasteiger partial charge is 0.322 e. The Balaban J connectivity index is 1.36. The van der Waals surface area contributed by atoms with Crippen LogP contribution in [0.1, 0.15) is 25.7 Å². The van der Waals surface area contributed by atoms with Gasteiger partial charge in [-0.25, -0.2) is 13.2 Å². The van der Waals surface area contributed by atoms with Gasteiger partial charge in [0.25, 0.3) is 5.91 Å². The minimum absolute atomic E-state index is 0.0441. The molecule has 31 heavy (non-hydrogen) atoms. The Bertz CT molecular complexity index is 1030. The lowest BCUT2D eigenvalue weighted by molar-refractivity contribution is -0.139. The van der Waals surface area contributed by atoms with E-state index in [4.69, 9.17) is 23.2 Å². The quantitative estimate of drug-likeness (QED) is 0.626. The summed E-state index contributed by atoms with van der Waals surface area (Å²) in [6.45, 7) is 0.863. The summed E-state index contributed by atoms with van der Waals surface area (Å²) in [5.41, 5.74) is -0.906. The number of rotatable bonds is 3. The highest BCUT2D eigenvalue weighted by atomic mass is 35.5. The zero-order valence-corrected chi connectivity index (χ0v) is 18.9. The number of carbonyl (C=O) groups excluding carboxylic acids is 3. The van der Waals surface area contributed by atoms with E-state index in [2.05, 4.69) is 10.6 Å². The van der Waals surface area contributed by atoms with Crippen molar-refractivity contribution in [3.8, 4) is 0 Å². The maximum absolute atomic E-state index is 13.0. The van der Waals surface area contributed by atoms with Gasteiger partial charge in [-0.3, -0.25) is 14.9 Å². The highest BCUT2D eigenvalue weighted by Crippen LogP contribution is 2.35. The fraction of sp³-hybridized carbons (Fsp3) is 0.526. The van der Waals surface area contributed by atoms with Gasteiger partial charge in [-0.05, 0) is 43.9 Å². The Morgan fingerprint density at radius 3 is 2.29 bits per heavy atom. The van der Waals surface area contributed by atoms with Crippen LogP contribution in [0.5, 0.6) is 0 Å². The first-order valence-electron chi connectivity index (χ1n) is 10.00. The van der Waals surface area contributed by atoms with Gasteiger partial charge in [-0.15, -0.1) is 0 Å². The number of nitrogens with zero attached hydrogens (tertiary/aromatic N) is 2. The minimum Gasteiger partial charge on any atom is -0.340 e. The van der Waals surface area contributed by atoms with Gasteiger partial charge in [0.1, 0.15) is 10.4 Å². The van der Waals surface area contributed by atoms with E-state index in [0.717, 1.165) is 0 Å². The molecular formula is C19H22Cl2N4O5S. The van der Waals surface area contributed by atoms with E-state index in [1.54, 1.807) is 4.90 Å². The van der Waals surface area contributed by atoms with E-state index in [-0.39, 0.29) is 58.9 Å². The Morgan fingerprint density at radius 2 is 1.71 bits per heavy atom. The lowest BCUT2D eigenvalue weighted by Gasteiger charge is -2.39. The first-order valence-corrected chi connectivity index (χ1v) is 12.2. The maximum atomic E-state index is 13.0. The summed E-state index contributed by atoms with van der Waals surface area (Å²) in [4.78, 5) is 38.1. The van der Waals surface area contributed by atoms with Crippen LogP contribution < -0.4 is 10.6 Å². The van der Waals surface area contributed by atoms with E-state index in [0.29, 0.717) is 25.7 Å². The van der Waals surface area contributed by atoms with E-state index >= 15 is 0 Å². The summed E-state index contributed by atoms with van der Waals surface area (Å²) < 4.78 is 27.2. The van der Waals surface area contributed by atoms with Gasteiger partial charge in [-0.1, -0.05) is 23.2 Å². The lowest BCUT2D eigenvalue weighted by Crippen LogP contribution is -2.54. The number of halogens is 2. The monoisotopic (exact) mass is 488 g/mol. The van der Waals surface area contributed by atoms with E-state index < -0.39 is 21.6 Å². The number of benzene rings is 1. The molecule has 2 aliphatic heterocycles. The number of nitrogens with one attached hydrogen (secondary N) is 2. The molecular weight excluding hydrogens is 467 g/mol. The van der Waals surface area contributed by atoms with Crippen molar-refractivity contribution in [1.29, 1.82) is 0 Å². The molecule has 2 saturated heterocycles. The molecule has 2 N–H and O–H groups in total. The fourth-order valence-electron chi connectivity index (χ4n) is 4.46. The summed E-state index contributed by atoms with van der Waals surface area (Å²) in [7, 11) is -3.82. The molecule has 3 fully saturated rings. The summed E-state index contributed by atoms with van der Waals surface area (Å²) in [5.74, 6) is -0.624. The average Bonchev–Trinajstić information content (AvgIpc) is 3.02. The second kappa shape index (κ2) is 8.23. The van der Waals surface area contributed by atoms with Gasteiger partial charge in [-0.2, -0.15) is 4.31 Å². The third-order valence-electron chi connectivity index (χ3n) is 6.26. The second-order valence-corrected chi connectivity index (χ2v) is 10.8. The Kier molecular flexibility index (Phi) is 5.93. The molecule has 0 aromatic heterocycles. The molecule has 1 spiro atoms. The van der Waals surface area contributed by atoms with Crippen molar-refractivity contribution >= 4 is 51.1 Å². The molecule has 0 unspecified atom stereocenters. The van der Waals surface area contributed by atoms with Crippen LogP contribution >= 0.6 is 23.2 Å². The molecule has 0 radical (unpaired) electrons. The fourth-order valence-corrected chi connectivity index (χ4v) is 6.62. The molecule has 1 saturated carbocycles. The molecule has 4 rings (SSSR count). The number of hydrogen-bond donors (Lipinski definition) is 2. The maximum Gasteiger partial charge on any atom is 0.322 e. The topological polar surface area (TPSA) is 116 Å². The van der Waals surface area contributed by atoms with Crippen molar-refractivity contribution in [2.24, 2.45) is 5.92 Å². The molecule has 1 aliphatic carbocycles. The second-order valence-electron chi connectivity index (χ2n) is 8.07. The van der Waals surface area contributed by atoms with Crippen LogP contribution in [0.2, 0.25) is 10.0 Å². The molecule has 12 heteroatoms. The van der Waals surface area contributed by atoms with Crippen molar-refractivity contribution in [1.82, 2.24) is 19.8 Å². The van der Waals surface area contributed by atoms with Gasteiger partial charge in [0, 0.05) is 37.1 Å². The molecule has 1 aromatic rings. The van der Waals surface area contributed by atoms with Gasteiger partial charge in [0.05, 0.1) is 5.02 Å². The highest BCUT2D eigenvalue weighted by molar-refractivity contribution is 7.89. The zero-order chi connectivity index (χ0) is 22.4. The van der Waals surface area contributed by atoms with Crippen LogP contribution in [0.15, 0.2) is 23.1 Å². The third-order valence-corrected chi connectivity index (χ3v) is 8.88. The van der Waals surface area contributed by atoms with Crippen LogP contribution in [0.4, 0.5) is 4.79 Å². The number of imide groups is 1. The van der Waals surface area contributed by atoms with E-state index in [1.165, 1.54) is 22.5 Å². The molecule has 4 amide bonds. The number of piperazine rings is 1. The van der Waals surface area contributed by atoms with Crippen molar-refractivity contribution < 1.29 is 22.8 Å².